The third kappa shape index (κ3) is 4.39. The molecule has 0 aromatic heterocycles. The van der Waals surface area contributed by atoms with E-state index in [0.29, 0.717) is 16.8 Å². The van der Waals surface area contributed by atoms with Crippen molar-refractivity contribution in [3.63, 3.8) is 0 Å². The Morgan fingerprint density at radius 1 is 1.48 bits per heavy atom. The van der Waals surface area contributed by atoms with Gasteiger partial charge in [0.05, 0.1) is 16.5 Å². The molecule has 1 saturated heterocycles. The summed E-state index contributed by atoms with van der Waals surface area (Å²) in [6, 6.07) is 4.44. The van der Waals surface area contributed by atoms with E-state index in [-0.39, 0.29) is 24.1 Å². The molecular weight excluding hydrogens is 363 g/mol. The Kier molecular flexibility index (Phi) is 7.06. The minimum absolute atomic E-state index is 0. The van der Waals surface area contributed by atoms with Crippen LogP contribution in [0.5, 0.6) is 0 Å². The number of methoxy groups -OCH3 is 1. The van der Waals surface area contributed by atoms with E-state index >= 15 is 0 Å². The Morgan fingerprint density at radius 3 is 2.71 bits per heavy atom. The average Bonchev–Trinajstić information content (AvgIpc) is 2.44. The van der Waals surface area contributed by atoms with Gasteiger partial charge in [-0.15, -0.1) is 12.4 Å². The summed E-state index contributed by atoms with van der Waals surface area (Å²) in [6.07, 6.45) is 1.46. The Bertz CT molecular complexity index is 490. The third-order valence-corrected chi connectivity index (χ3v) is 4.25. The van der Waals surface area contributed by atoms with Crippen LogP contribution in [-0.2, 0) is 9.53 Å². The number of rotatable bonds is 4. The van der Waals surface area contributed by atoms with E-state index in [0.717, 1.165) is 25.9 Å². The van der Waals surface area contributed by atoms with Crippen molar-refractivity contribution in [3.05, 3.63) is 28.5 Å². The summed E-state index contributed by atoms with van der Waals surface area (Å²) in [6.45, 7) is 1.98. The highest BCUT2D eigenvalue weighted by atomic mass is 79.9. The van der Waals surface area contributed by atoms with Gasteiger partial charge in [-0.05, 0) is 60.1 Å². The fourth-order valence-corrected chi connectivity index (χ4v) is 2.83. The molecule has 1 fully saturated rings. The summed E-state index contributed by atoms with van der Waals surface area (Å²) in [4.78, 5) is 12.5. The van der Waals surface area contributed by atoms with Gasteiger partial charge in [-0.25, -0.2) is 4.39 Å². The Hall–Kier alpha value is -0.690. The summed E-state index contributed by atoms with van der Waals surface area (Å²) in [7, 11) is 1.60. The highest BCUT2D eigenvalue weighted by molar-refractivity contribution is 9.10. The average molecular weight is 382 g/mol. The van der Waals surface area contributed by atoms with Crippen LogP contribution in [0.15, 0.2) is 22.7 Å². The molecule has 0 atom stereocenters. The molecule has 2 N–H and O–H groups in total. The lowest BCUT2D eigenvalue weighted by Gasteiger charge is -2.35. The highest BCUT2D eigenvalue weighted by Gasteiger charge is 2.39. The zero-order valence-electron chi connectivity index (χ0n) is 11.7. The lowest BCUT2D eigenvalue weighted by Crippen LogP contribution is -2.47. The minimum atomic E-state index is -0.513. The molecular formula is C14H19BrClFN2O2. The second-order valence-electron chi connectivity index (χ2n) is 5.05. The zero-order valence-corrected chi connectivity index (χ0v) is 14.2. The number of hydrogen-bond donors (Lipinski definition) is 2. The van der Waals surface area contributed by atoms with Crippen LogP contribution in [0.3, 0.4) is 0 Å². The van der Waals surface area contributed by atoms with Crippen molar-refractivity contribution in [2.45, 2.75) is 12.8 Å². The zero-order chi connectivity index (χ0) is 14.6. The predicted molar refractivity (Wildman–Crippen MR) is 86.4 cm³/mol. The summed E-state index contributed by atoms with van der Waals surface area (Å²) < 4.78 is 18.8. The smallest absolute Gasteiger partial charge is 0.233 e. The van der Waals surface area contributed by atoms with E-state index in [1.165, 1.54) is 6.07 Å². The molecule has 1 aromatic rings. The van der Waals surface area contributed by atoms with E-state index in [9.17, 15) is 9.18 Å². The second kappa shape index (κ2) is 8.08. The molecule has 21 heavy (non-hydrogen) atoms. The number of anilines is 1. The summed E-state index contributed by atoms with van der Waals surface area (Å²) in [5.41, 5.74) is 0.0678. The number of piperidine rings is 1. The van der Waals surface area contributed by atoms with Gasteiger partial charge in [0.1, 0.15) is 5.82 Å². The molecule has 1 amide bonds. The first-order chi connectivity index (χ1) is 9.57. The van der Waals surface area contributed by atoms with Crippen LogP contribution in [0.25, 0.3) is 0 Å². The van der Waals surface area contributed by atoms with Gasteiger partial charge in [0.25, 0.3) is 0 Å². The number of halogens is 3. The van der Waals surface area contributed by atoms with Crippen molar-refractivity contribution in [2.24, 2.45) is 5.41 Å². The fraction of sp³-hybridized carbons (Fsp3) is 0.500. The Balaban J connectivity index is 0.00000220. The van der Waals surface area contributed by atoms with Crippen LogP contribution in [0, 0.1) is 11.2 Å². The number of benzene rings is 1. The fourth-order valence-electron chi connectivity index (χ4n) is 2.46. The van der Waals surface area contributed by atoms with E-state index < -0.39 is 5.41 Å². The number of ether oxygens (including phenoxy) is 1. The third-order valence-electron chi connectivity index (χ3n) is 3.64. The molecule has 0 saturated carbocycles. The van der Waals surface area contributed by atoms with Crippen molar-refractivity contribution in [3.8, 4) is 0 Å². The largest absolute Gasteiger partial charge is 0.384 e. The monoisotopic (exact) mass is 380 g/mol. The molecule has 4 nitrogen and oxygen atoms in total. The summed E-state index contributed by atoms with van der Waals surface area (Å²) in [5.74, 6) is -0.421. The van der Waals surface area contributed by atoms with Gasteiger partial charge in [-0.1, -0.05) is 0 Å². The molecule has 1 heterocycles. The quantitative estimate of drug-likeness (QED) is 0.843. The molecule has 118 valence electrons. The second-order valence-corrected chi connectivity index (χ2v) is 5.90. The standard InChI is InChI=1S/C14H18BrFN2O2.ClH/c1-20-9-14(4-6-17-7-5-14)13(19)18-10-2-3-12(16)11(15)8-10;/h2-3,8,17H,4-7,9H2,1H3,(H,18,19);1H. The Morgan fingerprint density at radius 2 is 2.14 bits per heavy atom. The van der Waals surface area contributed by atoms with Gasteiger partial charge in [0.15, 0.2) is 0 Å². The van der Waals surface area contributed by atoms with Crippen LogP contribution in [0.1, 0.15) is 12.8 Å². The van der Waals surface area contributed by atoms with Crippen LogP contribution in [0.2, 0.25) is 0 Å². The van der Waals surface area contributed by atoms with Crippen molar-refractivity contribution in [2.75, 3.05) is 32.1 Å². The molecule has 0 unspecified atom stereocenters. The molecule has 0 spiro atoms. The first-order valence-electron chi connectivity index (χ1n) is 6.53. The molecule has 1 aliphatic rings. The lowest BCUT2D eigenvalue weighted by molar-refractivity contribution is -0.130. The van der Waals surface area contributed by atoms with E-state index in [1.54, 1.807) is 19.2 Å². The number of carbonyl (C=O) groups is 1. The van der Waals surface area contributed by atoms with Gasteiger partial charge in [-0.3, -0.25) is 4.79 Å². The van der Waals surface area contributed by atoms with Gasteiger partial charge in [0.2, 0.25) is 5.91 Å². The first-order valence-corrected chi connectivity index (χ1v) is 7.33. The summed E-state index contributed by atoms with van der Waals surface area (Å²) in [5, 5.41) is 6.10. The maximum Gasteiger partial charge on any atom is 0.233 e. The molecule has 0 aliphatic carbocycles. The maximum atomic E-state index is 13.2. The van der Waals surface area contributed by atoms with Crippen LogP contribution >= 0.6 is 28.3 Å². The Labute approximate surface area is 138 Å². The van der Waals surface area contributed by atoms with Gasteiger partial charge in [-0.2, -0.15) is 0 Å². The SMILES string of the molecule is COCC1(C(=O)Nc2ccc(F)c(Br)c2)CCNCC1.Cl. The van der Waals surface area contributed by atoms with Crippen molar-refractivity contribution >= 4 is 39.9 Å². The van der Waals surface area contributed by atoms with Crippen LogP contribution in [-0.4, -0.2) is 32.7 Å². The number of carbonyl (C=O) groups excluding carboxylic acids is 1. The van der Waals surface area contributed by atoms with Gasteiger partial charge in [0, 0.05) is 12.8 Å². The first kappa shape index (κ1) is 18.4. The molecule has 1 aliphatic heterocycles. The highest BCUT2D eigenvalue weighted by Crippen LogP contribution is 2.31. The summed E-state index contributed by atoms with van der Waals surface area (Å²) >= 11 is 3.12. The minimum Gasteiger partial charge on any atom is -0.384 e. The van der Waals surface area contributed by atoms with Gasteiger partial charge < -0.3 is 15.4 Å². The number of nitrogens with one attached hydrogen (secondary N) is 2. The van der Waals surface area contributed by atoms with Gasteiger partial charge >= 0.3 is 0 Å². The van der Waals surface area contributed by atoms with Crippen LogP contribution in [0.4, 0.5) is 10.1 Å². The van der Waals surface area contributed by atoms with E-state index in [4.69, 9.17) is 4.74 Å². The topological polar surface area (TPSA) is 50.4 Å². The lowest BCUT2D eigenvalue weighted by atomic mass is 9.78. The molecule has 0 radical (unpaired) electrons. The van der Waals surface area contributed by atoms with E-state index in [1.807, 2.05) is 0 Å². The van der Waals surface area contributed by atoms with E-state index in [2.05, 4.69) is 26.6 Å². The predicted octanol–water partition coefficient (Wildman–Crippen LogP) is 2.96. The molecule has 1 aromatic carbocycles. The normalized spacial score (nSPS) is 16.9. The number of hydrogen-bond acceptors (Lipinski definition) is 3. The maximum absolute atomic E-state index is 13.2. The molecule has 7 heteroatoms. The number of amides is 1. The van der Waals surface area contributed by atoms with Crippen molar-refractivity contribution in [1.82, 2.24) is 5.32 Å². The molecule has 0 bridgehead atoms. The molecule has 2 rings (SSSR count). The van der Waals surface area contributed by atoms with Crippen LogP contribution < -0.4 is 10.6 Å². The van der Waals surface area contributed by atoms with Crippen molar-refractivity contribution < 1.29 is 13.9 Å². The van der Waals surface area contributed by atoms with Crippen molar-refractivity contribution in [1.29, 1.82) is 0 Å².